The summed E-state index contributed by atoms with van der Waals surface area (Å²) >= 11 is 0. The van der Waals surface area contributed by atoms with Crippen molar-refractivity contribution in [3.8, 4) is 0 Å². The molecule has 3 heteroatoms. The fourth-order valence-electron chi connectivity index (χ4n) is 2.50. The lowest BCUT2D eigenvalue weighted by Crippen LogP contribution is -2.48. The molecule has 1 fully saturated rings. The maximum Gasteiger partial charge on any atom is 0.225 e. The van der Waals surface area contributed by atoms with Crippen LogP contribution in [0.3, 0.4) is 0 Å². The van der Waals surface area contributed by atoms with Gasteiger partial charge in [0.05, 0.1) is 0 Å². The van der Waals surface area contributed by atoms with Crippen LogP contribution in [0.15, 0.2) is 0 Å². The third-order valence-corrected chi connectivity index (χ3v) is 3.92. The van der Waals surface area contributed by atoms with Crippen LogP contribution in [0.25, 0.3) is 0 Å². The van der Waals surface area contributed by atoms with Crippen molar-refractivity contribution in [2.75, 3.05) is 13.1 Å². The molecule has 17 heavy (non-hydrogen) atoms. The fraction of sp³-hybridized carbons (Fsp3) is 0.929. The van der Waals surface area contributed by atoms with E-state index in [0.717, 1.165) is 25.8 Å². The highest BCUT2D eigenvalue weighted by molar-refractivity contribution is 5.79. The van der Waals surface area contributed by atoms with Crippen molar-refractivity contribution in [2.45, 2.75) is 64.8 Å². The molecule has 1 aliphatic rings. The SMILES string of the molecule is CCCCC(CC)C(=O)N(CCN)C1CCC1. The van der Waals surface area contributed by atoms with E-state index in [1.165, 1.54) is 25.7 Å². The Labute approximate surface area is 106 Å². The van der Waals surface area contributed by atoms with E-state index in [4.69, 9.17) is 5.73 Å². The first-order valence-electron chi connectivity index (χ1n) is 7.25. The second-order valence-electron chi connectivity index (χ2n) is 5.15. The molecule has 0 radical (unpaired) electrons. The summed E-state index contributed by atoms with van der Waals surface area (Å²) in [6.45, 7) is 5.64. The van der Waals surface area contributed by atoms with Crippen molar-refractivity contribution >= 4 is 5.91 Å². The van der Waals surface area contributed by atoms with E-state index in [-0.39, 0.29) is 5.92 Å². The lowest BCUT2D eigenvalue weighted by molar-refractivity contribution is -0.140. The third-order valence-electron chi connectivity index (χ3n) is 3.92. The zero-order valence-corrected chi connectivity index (χ0v) is 11.5. The van der Waals surface area contributed by atoms with Crippen LogP contribution >= 0.6 is 0 Å². The molecule has 0 aromatic rings. The number of hydrogen-bond acceptors (Lipinski definition) is 2. The number of unbranched alkanes of at least 4 members (excludes halogenated alkanes) is 1. The fourth-order valence-corrected chi connectivity index (χ4v) is 2.50. The summed E-state index contributed by atoms with van der Waals surface area (Å²) in [6.07, 6.45) is 7.96. The maximum absolute atomic E-state index is 12.5. The van der Waals surface area contributed by atoms with Crippen molar-refractivity contribution in [2.24, 2.45) is 11.7 Å². The molecule has 1 atom stereocenters. The first-order chi connectivity index (χ1) is 8.24. The molecule has 0 spiro atoms. The summed E-state index contributed by atoms with van der Waals surface area (Å²) < 4.78 is 0. The highest BCUT2D eigenvalue weighted by atomic mass is 16.2. The van der Waals surface area contributed by atoms with Crippen molar-refractivity contribution in [1.29, 1.82) is 0 Å². The molecular weight excluding hydrogens is 212 g/mol. The van der Waals surface area contributed by atoms with Gasteiger partial charge in [-0.1, -0.05) is 26.7 Å². The Kier molecular flexibility index (Phi) is 6.56. The van der Waals surface area contributed by atoms with Crippen molar-refractivity contribution < 1.29 is 4.79 Å². The average molecular weight is 240 g/mol. The standard InChI is InChI=1S/C14H28N2O/c1-3-5-7-12(4-2)14(17)16(11-10-15)13-8-6-9-13/h12-13H,3-11,15H2,1-2H3. The van der Waals surface area contributed by atoms with Crippen molar-refractivity contribution in [3.63, 3.8) is 0 Å². The highest BCUT2D eigenvalue weighted by Gasteiger charge is 2.31. The van der Waals surface area contributed by atoms with E-state index in [9.17, 15) is 4.79 Å². The van der Waals surface area contributed by atoms with Gasteiger partial charge in [0.15, 0.2) is 0 Å². The number of rotatable bonds is 8. The summed E-state index contributed by atoms with van der Waals surface area (Å²) in [4.78, 5) is 14.5. The molecule has 0 saturated heterocycles. The van der Waals surface area contributed by atoms with Crippen molar-refractivity contribution in [3.05, 3.63) is 0 Å². The van der Waals surface area contributed by atoms with Gasteiger partial charge in [0.25, 0.3) is 0 Å². The van der Waals surface area contributed by atoms with Crippen LogP contribution < -0.4 is 5.73 Å². The Morgan fingerprint density at radius 1 is 1.41 bits per heavy atom. The predicted octanol–water partition coefficient (Wildman–Crippen LogP) is 2.54. The number of nitrogens with two attached hydrogens (primary N) is 1. The van der Waals surface area contributed by atoms with Crippen LogP contribution in [0.2, 0.25) is 0 Å². The van der Waals surface area contributed by atoms with Crippen LogP contribution in [0.5, 0.6) is 0 Å². The normalized spacial score (nSPS) is 17.6. The molecule has 1 amide bonds. The van der Waals surface area contributed by atoms with Gasteiger partial charge in [-0.3, -0.25) is 4.79 Å². The Bertz CT molecular complexity index is 226. The summed E-state index contributed by atoms with van der Waals surface area (Å²) in [5.41, 5.74) is 5.63. The predicted molar refractivity (Wildman–Crippen MR) is 71.7 cm³/mol. The zero-order valence-electron chi connectivity index (χ0n) is 11.5. The van der Waals surface area contributed by atoms with Crippen LogP contribution in [-0.4, -0.2) is 29.9 Å². The van der Waals surface area contributed by atoms with E-state index < -0.39 is 0 Å². The Morgan fingerprint density at radius 2 is 2.12 bits per heavy atom. The van der Waals surface area contributed by atoms with Gasteiger partial charge < -0.3 is 10.6 Å². The van der Waals surface area contributed by atoms with Gasteiger partial charge in [-0.25, -0.2) is 0 Å². The van der Waals surface area contributed by atoms with Crippen molar-refractivity contribution in [1.82, 2.24) is 4.90 Å². The lowest BCUT2D eigenvalue weighted by Gasteiger charge is -2.39. The first kappa shape index (κ1) is 14.5. The minimum atomic E-state index is 0.224. The molecule has 0 aromatic heterocycles. The van der Waals surface area contributed by atoms with Crippen LogP contribution in [-0.2, 0) is 4.79 Å². The van der Waals surface area contributed by atoms with Crippen LogP contribution in [0.1, 0.15) is 58.8 Å². The van der Waals surface area contributed by atoms with Gasteiger partial charge in [0, 0.05) is 25.0 Å². The number of carbonyl (C=O) groups excluding carboxylic acids is 1. The molecule has 1 rings (SSSR count). The van der Waals surface area contributed by atoms with Gasteiger partial charge in [0.1, 0.15) is 0 Å². The molecule has 0 bridgehead atoms. The smallest absolute Gasteiger partial charge is 0.225 e. The molecule has 1 unspecified atom stereocenters. The van der Waals surface area contributed by atoms with Gasteiger partial charge in [-0.15, -0.1) is 0 Å². The minimum absolute atomic E-state index is 0.224. The second-order valence-corrected chi connectivity index (χ2v) is 5.15. The van der Waals surface area contributed by atoms with E-state index >= 15 is 0 Å². The molecule has 0 aromatic carbocycles. The molecule has 100 valence electrons. The summed E-state index contributed by atoms with van der Waals surface area (Å²) in [7, 11) is 0. The topological polar surface area (TPSA) is 46.3 Å². The van der Waals surface area contributed by atoms with E-state index in [2.05, 4.69) is 18.7 Å². The molecule has 3 nitrogen and oxygen atoms in total. The lowest BCUT2D eigenvalue weighted by atomic mass is 9.89. The number of amides is 1. The van der Waals surface area contributed by atoms with Gasteiger partial charge >= 0.3 is 0 Å². The zero-order chi connectivity index (χ0) is 12.7. The molecule has 1 aliphatic carbocycles. The van der Waals surface area contributed by atoms with Crippen LogP contribution in [0.4, 0.5) is 0 Å². The molecular formula is C14H28N2O. The van der Waals surface area contributed by atoms with E-state index in [0.29, 0.717) is 18.5 Å². The second kappa shape index (κ2) is 7.70. The summed E-state index contributed by atoms with van der Waals surface area (Å²) in [6, 6.07) is 0.488. The van der Waals surface area contributed by atoms with Gasteiger partial charge in [-0.05, 0) is 32.1 Å². The Hall–Kier alpha value is -0.570. The highest BCUT2D eigenvalue weighted by Crippen LogP contribution is 2.27. The number of carbonyl (C=O) groups is 1. The molecule has 2 N–H and O–H groups in total. The Morgan fingerprint density at radius 3 is 2.53 bits per heavy atom. The van der Waals surface area contributed by atoms with Crippen LogP contribution in [0, 0.1) is 5.92 Å². The largest absolute Gasteiger partial charge is 0.338 e. The van der Waals surface area contributed by atoms with E-state index in [1.807, 2.05) is 0 Å². The minimum Gasteiger partial charge on any atom is -0.338 e. The summed E-state index contributed by atoms with van der Waals surface area (Å²) in [5, 5.41) is 0. The Balaban J connectivity index is 2.53. The summed E-state index contributed by atoms with van der Waals surface area (Å²) in [5.74, 6) is 0.582. The monoisotopic (exact) mass is 240 g/mol. The third kappa shape index (κ3) is 3.98. The van der Waals surface area contributed by atoms with Gasteiger partial charge in [-0.2, -0.15) is 0 Å². The maximum atomic E-state index is 12.5. The quantitative estimate of drug-likeness (QED) is 0.708. The van der Waals surface area contributed by atoms with E-state index in [1.54, 1.807) is 0 Å². The van der Waals surface area contributed by atoms with Gasteiger partial charge in [0.2, 0.25) is 5.91 Å². The molecule has 0 heterocycles. The molecule has 1 saturated carbocycles. The molecule has 0 aliphatic heterocycles. The average Bonchev–Trinajstić information content (AvgIpc) is 2.27. The number of hydrogen-bond donors (Lipinski definition) is 1. The first-order valence-corrected chi connectivity index (χ1v) is 7.25. The number of nitrogens with zero attached hydrogens (tertiary/aromatic N) is 1.